The highest BCUT2D eigenvalue weighted by atomic mass is 16.5. The van der Waals surface area contributed by atoms with E-state index in [1.54, 1.807) is 0 Å². The van der Waals surface area contributed by atoms with E-state index in [4.69, 9.17) is 4.74 Å². The Balaban J connectivity index is 1.79. The Bertz CT molecular complexity index is 717. The van der Waals surface area contributed by atoms with Crippen molar-refractivity contribution in [2.75, 3.05) is 0 Å². The van der Waals surface area contributed by atoms with Crippen molar-refractivity contribution in [2.45, 2.75) is 20.0 Å². The molecule has 0 spiro atoms. The Labute approximate surface area is 132 Å². The second kappa shape index (κ2) is 6.95. The third kappa shape index (κ3) is 3.76. The minimum absolute atomic E-state index is 0.603. The fraction of sp³-hybridized carbons (Fsp3) is 0.143. The van der Waals surface area contributed by atoms with Crippen LogP contribution in [0.1, 0.15) is 22.3 Å². The van der Waals surface area contributed by atoms with Crippen molar-refractivity contribution in [1.82, 2.24) is 0 Å². The summed E-state index contributed by atoms with van der Waals surface area (Å²) in [5, 5.41) is 0. The van der Waals surface area contributed by atoms with Gasteiger partial charge in [0.1, 0.15) is 12.4 Å². The van der Waals surface area contributed by atoms with E-state index in [0.717, 1.165) is 12.2 Å². The van der Waals surface area contributed by atoms with E-state index in [9.17, 15) is 0 Å². The zero-order valence-corrected chi connectivity index (χ0v) is 12.8. The normalized spacial score (nSPS) is 10.4. The monoisotopic (exact) mass is 288 g/mol. The van der Waals surface area contributed by atoms with Gasteiger partial charge in [0.2, 0.25) is 0 Å². The first-order valence-electron chi connectivity index (χ1n) is 7.61. The van der Waals surface area contributed by atoms with Crippen LogP contribution in [0.2, 0.25) is 0 Å². The number of aryl methyl sites for hydroxylation is 1. The van der Waals surface area contributed by atoms with Gasteiger partial charge in [0.05, 0.1) is 0 Å². The molecule has 0 heterocycles. The number of hydrogen-bond acceptors (Lipinski definition) is 1. The Hall–Kier alpha value is -2.54. The minimum atomic E-state index is 0.603. The van der Waals surface area contributed by atoms with Crippen molar-refractivity contribution in [1.29, 1.82) is 0 Å². The summed E-state index contributed by atoms with van der Waals surface area (Å²) >= 11 is 0. The van der Waals surface area contributed by atoms with Gasteiger partial charge in [-0.15, -0.1) is 0 Å². The van der Waals surface area contributed by atoms with E-state index in [1.807, 2.05) is 24.3 Å². The molecule has 0 aliphatic rings. The maximum absolute atomic E-state index is 6.08. The third-order valence-corrected chi connectivity index (χ3v) is 3.70. The van der Waals surface area contributed by atoms with Gasteiger partial charge in [0, 0.05) is 6.42 Å². The van der Waals surface area contributed by atoms with E-state index in [0.29, 0.717) is 6.61 Å². The summed E-state index contributed by atoms with van der Waals surface area (Å²) in [7, 11) is 0. The lowest BCUT2D eigenvalue weighted by Crippen LogP contribution is -2.00. The molecule has 0 saturated carbocycles. The standard InChI is InChI=1S/C21H20O/c1-17-12-13-20(15-18-8-4-2-5-9-18)21(14-17)22-16-19-10-6-3-7-11-19/h2-14H,15-16H2,1H3. The average Bonchev–Trinajstić information content (AvgIpc) is 2.57. The number of benzene rings is 3. The third-order valence-electron chi connectivity index (χ3n) is 3.70. The van der Waals surface area contributed by atoms with Crippen molar-refractivity contribution in [3.8, 4) is 5.75 Å². The zero-order valence-electron chi connectivity index (χ0n) is 12.8. The smallest absolute Gasteiger partial charge is 0.123 e. The highest BCUT2D eigenvalue weighted by molar-refractivity contribution is 5.40. The Morgan fingerprint density at radius 2 is 1.36 bits per heavy atom. The van der Waals surface area contributed by atoms with Crippen LogP contribution in [0.15, 0.2) is 78.9 Å². The van der Waals surface area contributed by atoms with Crippen LogP contribution < -0.4 is 4.74 Å². The van der Waals surface area contributed by atoms with Crippen LogP contribution >= 0.6 is 0 Å². The van der Waals surface area contributed by atoms with Crippen LogP contribution in [0.4, 0.5) is 0 Å². The van der Waals surface area contributed by atoms with Crippen molar-refractivity contribution >= 4 is 0 Å². The molecule has 0 aliphatic carbocycles. The Morgan fingerprint density at radius 1 is 0.727 bits per heavy atom. The SMILES string of the molecule is Cc1ccc(Cc2ccccc2)c(OCc2ccccc2)c1. The largest absolute Gasteiger partial charge is 0.489 e. The lowest BCUT2D eigenvalue weighted by molar-refractivity contribution is 0.303. The molecule has 0 bridgehead atoms. The maximum atomic E-state index is 6.08. The molecule has 110 valence electrons. The number of rotatable bonds is 5. The second-order valence-electron chi connectivity index (χ2n) is 5.55. The quantitative estimate of drug-likeness (QED) is 0.629. The van der Waals surface area contributed by atoms with Crippen molar-refractivity contribution < 1.29 is 4.74 Å². The summed E-state index contributed by atoms with van der Waals surface area (Å²) in [6.07, 6.45) is 0.894. The molecule has 1 heteroatoms. The molecule has 3 rings (SSSR count). The van der Waals surface area contributed by atoms with Gasteiger partial charge in [-0.25, -0.2) is 0 Å². The summed E-state index contributed by atoms with van der Waals surface area (Å²) in [6.45, 7) is 2.70. The van der Waals surface area contributed by atoms with Gasteiger partial charge >= 0.3 is 0 Å². The zero-order chi connectivity index (χ0) is 15.2. The fourth-order valence-electron chi connectivity index (χ4n) is 2.49. The lowest BCUT2D eigenvalue weighted by atomic mass is 10.0. The van der Waals surface area contributed by atoms with Gasteiger partial charge < -0.3 is 4.74 Å². The molecular formula is C21H20O. The summed E-state index contributed by atoms with van der Waals surface area (Å²) in [5.41, 5.74) is 4.94. The first-order valence-corrected chi connectivity index (χ1v) is 7.61. The molecule has 0 aliphatic heterocycles. The predicted molar refractivity (Wildman–Crippen MR) is 91.2 cm³/mol. The fourth-order valence-corrected chi connectivity index (χ4v) is 2.49. The van der Waals surface area contributed by atoms with Crippen LogP contribution in [-0.2, 0) is 13.0 Å². The van der Waals surface area contributed by atoms with Gasteiger partial charge in [-0.1, -0.05) is 72.8 Å². The molecule has 0 aromatic heterocycles. The first-order chi connectivity index (χ1) is 10.8. The van der Waals surface area contributed by atoms with Gasteiger partial charge in [-0.2, -0.15) is 0 Å². The number of ether oxygens (including phenoxy) is 1. The van der Waals surface area contributed by atoms with Crippen LogP contribution in [0, 0.1) is 6.92 Å². The van der Waals surface area contributed by atoms with Crippen molar-refractivity contribution in [2.24, 2.45) is 0 Å². The first kappa shape index (κ1) is 14.4. The van der Waals surface area contributed by atoms with Crippen LogP contribution in [0.25, 0.3) is 0 Å². The molecule has 0 amide bonds. The molecule has 0 saturated heterocycles. The van der Waals surface area contributed by atoms with E-state index in [-0.39, 0.29) is 0 Å². The molecule has 0 atom stereocenters. The highest BCUT2D eigenvalue weighted by Gasteiger charge is 2.06. The predicted octanol–water partition coefficient (Wildman–Crippen LogP) is 5.16. The van der Waals surface area contributed by atoms with Gasteiger partial charge in [0.25, 0.3) is 0 Å². The summed E-state index contributed by atoms with van der Waals surface area (Å²) in [4.78, 5) is 0. The van der Waals surface area contributed by atoms with Crippen molar-refractivity contribution in [3.05, 3.63) is 101 Å². The molecule has 0 unspecified atom stereocenters. The van der Waals surface area contributed by atoms with Crippen LogP contribution in [0.3, 0.4) is 0 Å². The molecule has 22 heavy (non-hydrogen) atoms. The summed E-state index contributed by atoms with van der Waals surface area (Å²) < 4.78 is 6.08. The molecule has 3 aromatic carbocycles. The number of hydrogen-bond donors (Lipinski definition) is 0. The van der Waals surface area contributed by atoms with Crippen molar-refractivity contribution in [3.63, 3.8) is 0 Å². The molecule has 0 radical (unpaired) electrons. The summed E-state index contributed by atoms with van der Waals surface area (Å²) in [6, 6.07) is 27.2. The van der Waals surface area contributed by atoms with Gasteiger partial charge in [-0.3, -0.25) is 0 Å². The minimum Gasteiger partial charge on any atom is -0.489 e. The maximum Gasteiger partial charge on any atom is 0.123 e. The van der Waals surface area contributed by atoms with Crippen LogP contribution in [-0.4, -0.2) is 0 Å². The molecular weight excluding hydrogens is 268 g/mol. The average molecular weight is 288 g/mol. The van der Waals surface area contributed by atoms with Gasteiger partial charge in [0.15, 0.2) is 0 Å². The second-order valence-corrected chi connectivity index (χ2v) is 5.55. The van der Waals surface area contributed by atoms with E-state index >= 15 is 0 Å². The Morgan fingerprint density at radius 3 is 2.05 bits per heavy atom. The lowest BCUT2D eigenvalue weighted by Gasteiger charge is -2.13. The van der Waals surface area contributed by atoms with E-state index in [2.05, 4.69) is 61.5 Å². The molecule has 0 N–H and O–H groups in total. The topological polar surface area (TPSA) is 9.23 Å². The molecule has 1 nitrogen and oxygen atoms in total. The molecule has 0 fully saturated rings. The van der Waals surface area contributed by atoms with Gasteiger partial charge in [-0.05, 0) is 35.2 Å². The summed E-state index contributed by atoms with van der Waals surface area (Å²) in [5.74, 6) is 0.979. The van der Waals surface area contributed by atoms with Crippen LogP contribution in [0.5, 0.6) is 5.75 Å². The van der Waals surface area contributed by atoms with E-state index in [1.165, 1.54) is 22.3 Å². The highest BCUT2D eigenvalue weighted by Crippen LogP contribution is 2.24. The Kier molecular flexibility index (Phi) is 4.55. The van der Waals surface area contributed by atoms with E-state index < -0.39 is 0 Å². The molecule has 3 aromatic rings.